The molecule has 7 nitrogen and oxygen atoms in total. The van der Waals surface area contributed by atoms with Crippen LogP contribution in [0.1, 0.15) is 29.4 Å². The number of pyridine rings is 2. The van der Waals surface area contributed by atoms with Gasteiger partial charge in [-0.15, -0.1) is 0 Å². The summed E-state index contributed by atoms with van der Waals surface area (Å²) in [4.78, 5) is 19.5. The molecule has 0 saturated heterocycles. The second kappa shape index (κ2) is 9.00. The smallest absolute Gasteiger partial charge is 0.222 e. The Morgan fingerprint density at radius 2 is 1.44 bits per heavy atom. The number of hydrogen-bond donors (Lipinski definition) is 4. The Hall–Kier alpha value is -2.65. The first kappa shape index (κ1) is 20.4. The quantitative estimate of drug-likeness (QED) is 0.594. The van der Waals surface area contributed by atoms with Crippen molar-refractivity contribution < 1.29 is 4.79 Å². The fraction of sp³-hybridized carbons (Fsp3) is 0.188. The molecule has 0 aliphatic rings. The molecule has 0 unspecified atom stereocenters. The molecular weight excluding hydrogens is 356 g/mol. The fourth-order valence-electron chi connectivity index (χ4n) is 1.89. The number of aromatic nitrogens is 2. The summed E-state index contributed by atoms with van der Waals surface area (Å²) < 4.78 is 0. The number of aryl methyl sites for hydroxylation is 2. The van der Waals surface area contributed by atoms with Crippen molar-refractivity contribution in [2.24, 2.45) is 11.5 Å². The predicted molar refractivity (Wildman–Crippen MR) is 108 cm³/mol. The second-order valence-electron chi connectivity index (χ2n) is 5.21. The Morgan fingerprint density at radius 3 is 1.88 bits per heavy atom. The van der Waals surface area contributed by atoms with Crippen molar-refractivity contribution in [3.05, 3.63) is 46.8 Å². The van der Waals surface area contributed by atoms with Gasteiger partial charge in [0.05, 0.1) is 0 Å². The molecule has 2 heterocycles. The Kier molecular flexibility index (Phi) is 7.34. The van der Waals surface area contributed by atoms with Crippen molar-refractivity contribution in [3.63, 3.8) is 0 Å². The van der Waals surface area contributed by atoms with E-state index in [1.807, 2.05) is 13.8 Å². The Balaban J connectivity index is 0.000000257. The highest BCUT2D eigenvalue weighted by Crippen LogP contribution is 2.10. The van der Waals surface area contributed by atoms with Crippen LogP contribution in [0.3, 0.4) is 0 Å². The lowest BCUT2D eigenvalue weighted by Gasteiger charge is -2.05. The van der Waals surface area contributed by atoms with E-state index in [-0.39, 0.29) is 5.91 Å². The van der Waals surface area contributed by atoms with Gasteiger partial charge >= 0.3 is 0 Å². The van der Waals surface area contributed by atoms with Gasteiger partial charge in [0.15, 0.2) is 0 Å². The van der Waals surface area contributed by atoms with Gasteiger partial charge in [0.2, 0.25) is 5.91 Å². The molecular formula is C16H20N6OS2. The lowest BCUT2D eigenvalue weighted by atomic mass is 10.2. The average Bonchev–Trinajstić information content (AvgIpc) is 2.45. The van der Waals surface area contributed by atoms with E-state index >= 15 is 0 Å². The molecule has 0 radical (unpaired) electrons. The summed E-state index contributed by atoms with van der Waals surface area (Å²) >= 11 is 9.61. The van der Waals surface area contributed by atoms with Crippen molar-refractivity contribution in [2.45, 2.75) is 20.8 Å². The number of carbonyl (C=O) groups excluding carboxylic acids is 1. The molecule has 132 valence electrons. The van der Waals surface area contributed by atoms with Crippen molar-refractivity contribution in [3.8, 4) is 0 Å². The molecule has 0 aliphatic carbocycles. The molecule has 0 bridgehead atoms. The Bertz CT molecular complexity index is 802. The summed E-state index contributed by atoms with van der Waals surface area (Å²) in [6.07, 6.45) is 0. The number of nitrogens with zero attached hydrogens (tertiary/aromatic N) is 2. The van der Waals surface area contributed by atoms with E-state index in [0.717, 1.165) is 17.0 Å². The number of nitrogens with two attached hydrogens (primary N) is 3. The first-order valence-corrected chi connectivity index (χ1v) is 8.00. The number of amides is 1. The number of nitrogen functional groups attached to an aromatic ring is 1. The summed E-state index contributed by atoms with van der Waals surface area (Å²) in [5, 5.41) is 2.58. The topological polar surface area (TPSA) is 133 Å². The van der Waals surface area contributed by atoms with E-state index in [4.69, 9.17) is 41.6 Å². The molecule has 2 rings (SSSR count). The third kappa shape index (κ3) is 7.19. The zero-order chi connectivity index (χ0) is 19.1. The summed E-state index contributed by atoms with van der Waals surface area (Å²) in [5.74, 6) is 0.755. The third-order valence-corrected chi connectivity index (χ3v) is 3.27. The lowest BCUT2D eigenvalue weighted by molar-refractivity contribution is -0.114. The van der Waals surface area contributed by atoms with Crippen LogP contribution >= 0.6 is 24.4 Å². The molecule has 1 amide bonds. The van der Waals surface area contributed by atoms with Crippen LogP contribution < -0.4 is 22.5 Å². The molecule has 0 atom stereocenters. The SMILES string of the molecule is CC(=O)Nc1cc(C(N)=S)cc(C)n1.Cc1cc(C(N)=S)cc(N)n1. The highest BCUT2D eigenvalue weighted by Gasteiger charge is 2.03. The van der Waals surface area contributed by atoms with E-state index in [0.29, 0.717) is 27.2 Å². The van der Waals surface area contributed by atoms with Crippen LogP contribution in [0.25, 0.3) is 0 Å². The maximum atomic E-state index is 10.8. The van der Waals surface area contributed by atoms with Gasteiger partial charge in [-0.1, -0.05) is 24.4 Å². The molecule has 2 aromatic heterocycles. The first-order valence-electron chi connectivity index (χ1n) is 7.18. The summed E-state index contributed by atoms with van der Waals surface area (Å²) in [7, 11) is 0. The molecule has 7 N–H and O–H groups in total. The molecule has 0 aromatic carbocycles. The zero-order valence-electron chi connectivity index (χ0n) is 14.2. The van der Waals surface area contributed by atoms with E-state index in [1.54, 1.807) is 24.3 Å². The molecule has 9 heteroatoms. The van der Waals surface area contributed by atoms with Crippen molar-refractivity contribution >= 4 is 52.0 Å². The van der Waals surface area contributed by atoms with Crippen molar-refractivity contribution in [2.75, 3.05) is 11.1 Å². The lowest BCUT2D eigenvalue weighted by Crippen LogP contribution is -2.13. The van der Waals surface area contributed by atoms with Crippen molar-refractivity contribution in [1.29, 1.82) is 0 Å². The van der Waals surface area contributed by atoms with E-state index in [9.17, 15) is 4.79 Å². The molecule has 2 aromatic rings. The molecule has 0 aliphatic heterocycles. The van der Waals surface area contributed by atoms with Gasteiger partial charge in [0.25, 0.3) is 0 Å². The molecule has 0 spiro atoms. The maximum absolute atomic E-state index is 10.8. The van der Waals surface area contributed by atoms with Gasteiger partial charge in [-0.2, -0.15) is 0 Å². The number of thiocarbonyl (C=S) groups is 2. The monoisotopic (exact) mass is 376 g/mol. The molecule has 0 fully saturated rings. The van der Waals surface area contributed by atoms with E-state index in [1.165, 1.54) is 6.92 Å². The summed E-state index contributed by atoms with van der Waals surface area (Å²) in [5.41, 5.74) is 19.4. The van der Waals surface area contributed by atoms with Gasteiger partial charge in [0, 0.05) is 29.4 Å². The zero-order valence-corrected chi connectivity index (χ0v) is 15.8. The largest absolute Gasteiger partial charge is 0.389 e. The highest BCUT2D eigenvalue weighted by atomic mass is 32.1. The van der Waals surface area contributed by atoms with Gasteiger partial charge in [-0.05, 0) is 38.1 Å². The predicted octanol–water partition coefficient (Wildman–Crippen LogP) is 1.59. The summed E-state index contributed by atoms with van der Waals surface area (Å²) in [6.45, 7) is 5.08. The number of carbonyl (C=O) groups is 1. The van der Waals surface area contributed by atoms with Crippen LogP contribution in [0.5, 0.6) is 0 Å². The summed E-state index contributed by atoms with van der Waals surface area (Å²) in [6, 6.07) is 6.89. The second-order valence-corrected chi connectivity index (χ2v) is 6.09. The van der Waals surface area contributed by atoms with E-state index in [2.05, 4.69) is 15.3 Å². The Morgan fingerprint density at radius 1 is 0.960 bits per heavy atom. The minimum Gasteiger partial charge on any atom is -0.389 e. The van der Waals surface area contributed by atoms with Gasteiger partial charge < -0.3 is 22.5 Å². The van der Waals surface area contributed by atoms with Crippen LogP contribution in [0.15, 0.2) is 24.3 Å². The normalized spacial score (nSPS) is 9.56. The number of rotatable bonds is 3. The minimum absolute atomic E-state index is 0.169. The van der Waals surface area contributed by atoms with Crippen LogP contribution in [0.4, 0.5) is 11.6 Å². The highest BCUT2D eigenvalue weighted by molar-refractivity contribution is 7.80. The standard InChI is InChI=1S/C9H11N3OS.C7H9N3S/c1-5-3-7(9(10)14)4-8(11-5)12-6(2)13;1-4-2-5(7(9)11)3-6(8)10-4/h3-4H,1-2H3,(H2,10,14)(H,11,12,13);2-3H,1H3,(H2,8,10)(H2,9,11). The number of hydrogen-bond acceptors (Lipinski definition) is 6. The van der Waals surface area contributed by atoms with Crippen LogP contribution in [-0.2, 0) is 4.79 Å². The third-order valence-electron chi connectivity index (χ3n) is 2.80. The molecule has 25 heavy (non-hydrogen) atoms. The van der Waals surface area contributed by atoms with Crippen LogP contribution in [0, 0.1) is 13.8 Å². The van der Waals surface area contributed by atoms with Gasteiger partial charge in [-0.3, -0.25) is 4.79 Å². The fourth-order valence-corrected chi connectivity index (χ4v) is 2.13. The number of nitrogens with one attached hydrogen (secondary N) is 1. The van der Waals surface area contributed by atoms with Gasteiger partial charge in [0.1, 0.15) is 21.6 Å². The van der Waals surface area contributed by atoms with Gasteiger partial charge in [-0.25, -0.2) is 9.97 Å². The van der Waals surface area contributed by atoms with Crippen LogP contribution in [-0.4, -0.2) is 25.9 Å². The van der Waals surface area contributed by atoms with Crippen molar-refractivity contribution in [1.82, 2.24) is 9.97 Å². The van der Waals surface area contributed by atoms with E-state index < -0.39 is 0 Å². The molecule has 0 saturated carbocycles. The average molecular weight is 377 g/mol. The maximum Gasteiger partial charge on any atom is 0.222 e. The van der Waals surface area contributed by atoms with Crippen LogP contribution in [0.2, 0.25) is 0 Å². The Labute approximate surface area is 157 Å². The first-order chi connectivity index (χ1) is 11.6. The minimum atomic E-state index is -0.169. The number of anilines is 2.